The van der Waals surface area contributed by atoms with Gasteiger partial charge in [0, 0.05) is 6.61 Å². The zero-order valence-corrected chi connectivity index (χ0v) is 7.73. The van der Waals surface area contributed by atoms with Crippen LogP contribution in [0.5, 0.6) is 0 Å². The Bertz CT molecular complexity index is 254. The number of anilines is 1. The van der Waals surface area contributed by atoms with Crippen molar-refractivity contribution < 1.29 is 4.74 Å². The van der Waals surface area contributed by atoms with Crippen molar-refractivity contribution in [1.29, 1.82) is 0 Å². The lowest BCUT2D eigenvalue weighted by Crippen LogP contribution is -2.04. The van der Waals surface area contributed by atoms with Gasteiger partial charge in [-0.05, 0) is 6.42 Å². The van der Waals surface area contributed by atoms with E-state index in [1.165, 1.54) is 6.33 Å². The van der Waals surface area contributed by atoms with Gasteiger partial charge in [-0.3, -0.25) is 0 Å². The van der Waals surface area contributed by atoms with Crippen molar-refractivity contribution in [3.8, 4) is 0 Å². The first-order valence-corrected chi connectivity index (χ1v) is 4.34. The minimum absolute atomic E-state index is 0.240. The summed E-state index contributed by atoms with van der Waals surface area (Å²) in [6.07, 6.45) is 3.57. The van der Waals surface area contributed by atoms with Crippen molar-refractivity contribution in [3.05, 3.63) is 12.2 Å². The number of rotatable bonds is 5. The molecule has 0 saturated heterocycles. The van der Waals surface area contributed by atoms with E-state index in [9.17, 15) is 0 Å². The normalized spacial score (nSPS) is 10.2. The van der Waals surface area contributed by atoms with Crippen LogP contribution in [0.4, 0.5) is 5.95 Å². The van der Waals surface area contributed by atoms with E-state index in [-0.39, 0.29) is 5.95 Å². The van der Waals surface area contributed by atoms with E-state index in [1.54, 1.807) is 0 Å². The number of nitrogens with zero attached hydrogens (tertiary/aromatic N) is 3. The summed E-state index contributed by atoms with van der Waals surface area (Å²) in [5, 5.41) is 0. The van der Waals surface area contributed by atoms with Gasteiger partial charge >= 0.3 is 0 Å². The second-order valence-corrected chi connectivity index (χ2v) is 2.67. The van der Waals surface area contributed by atoms with Gasteiger partial charge in [-0.25, -0.2) is 9.97 Å². The molecule has 13 heavy (non-hydrogen) atoms. The SMILES string of the molecule is CCCCOCc1ncnc(N)n1. The minimum Gasteiger partial charge on any atom is -0.373 e. The zero-order valence-electron chi connectivity index (χ0n) is 7.73. The first kappa shape index (κ1) is 9.85. The van der Waals surface area contributed by atoms with E-state index in [4.69, 9.17) is 10.5 Å². The topological polar surface area (TPSA) is 73.9 Å². The van der Waals surface area contributed by atoms with Gasteiger partial charge in [-0.1, -0.05) is 13.3 Å². The predicted octanol–water partition coefficient (Wildman–Crippen LogP) is 0.770. The number of nitrogen functional groups attached to an aromatic ring is 1. The van der Waals surface area contributed by atoms with Crippen molar-refractivity contribution in [2.45, 2.75) is 26.4 Å². The first-order valence-electron chi connectivity index (χ1n) is 4.34. The molecule has 0 aliphatic rings. The standard InChI is InChI=1S/C8H14N4O/c1-2-3-4-13-5-7-10-6-11-8(9)12-7/h6H,2-5H2,1H3,(H2,9,10,11,12). The van der Waals surface area contributed by atoms with E-state index < -0.39 is 0 Å². The van der Waals surface area contributed by atoms with Gasteiger partial charge in [-0.2, -0.15) is 4.98 Å². The maximum atomic E-state index is 5.37. The van der Waals surface area contributed by atoms with E-state index in [1.807, 2.05) is 0 Å². The Kier molecular flexibility index (Phi) is 4.11. The van der Waals surface area contributed by atoms with Crippen LogP contribution in [0.1, 0.15) is 25.6 Å². The van der Waals surface area contributed by atoms with Crippen molar-refractivity contribution in [2.75, 3.05) is 12.3 Å². The number of hydrogen-bond acceptors (Lipinski definition) is 5. The average Bonchev–Trinajstić information content (AvgIpc) is 2.13. The number of nitrogens with two attached hydrogens (primary N) is 1. The van der Waals surface area contributed by atoms with Crippen molar-refractivity contribution in [1.82, 2.24) is 15.0 Å². The summed E-state index contributed by atoms with van der Waals surface area (Å²) >= 11 is 0. The van der Waals surface area contributed by atoms with Gasteiger partial charge in [0.2, 0.25) is 5.95 Å². The molecule has 72 valence electrons. The maximum absolute atomic E-state index is 5.37. The monoisotopic (exact) mass is 182 g/mol. The van der Waals surface area contributed by atoms with Gasteiger partial charge < -0.3 is 10.5 Å². The van der Waals surface area contributed by atoms with Crippen LogP contribution in [0.15, 0.2) is 6.33 Å². The molecule has 0 unspecified atom stereocenters. The summed E-state index contributed by atoms with van der Waals surface area (Å²) < 4.78 is 5.31. The Balaban J connectivity index is 2.28. The lowest BCUT2D eigenvalue weighted by Gasteiger charge is -2.01. The fraction of sp³-hybridized carbons (Fsp3) is 0.625. The minimum atomic E-state index is 0.240. The van der Waals surface area contributed by atoms with Crippen LogP contribution < -0.4 is 5.73 Å². The second kappa shape index (κ2) is 5.42. The Labute approximate surface area is 77.4 Å². The third-order valence-corrected chi connectivity index (χ3v) is 1.51. The molecule has 0 spiro atoms. The van der Waals surface area contributed by atoms with Crippen molar-refractivity contribution in [3.63, 3.8) is 0 Å². The lowest BCUT2D eigenvalue weighted by molar-refractivity contribution is 0.112. The fourth-order valence-corrected chi connectivity index (χ4v) is 0.824. The van der Waals surface area contributed by atoms with Gasteiger partial charge in [0.15, 0.2) is 5.82 Å². The molecule has 0 atom stereocenters. The summed E-state index contributed by atoms with van der Waals surface area (Å²) in [5.74, 6) is 0.827. The molecule has 0 fully saturated rings. The highest BCUT2D eigenvalue weighted by Crippen LogP contribution is 1.96. The molecule has 0 amide bonds. The summed E-state index contributed by atoms with van der Waals surface area (Å²) in [6.45, 7) is 3.26. The Morgan fingerprint density at radius 1 is 1.46 bits per heavy atom. The maximum Gasteiger partial charge on any atom is 0.223 e. The van der Waals surface area contributed by atoms with Crippen LogP contribution in [-0.4, -0.2) is 21.6 Å². The molecular formula is C8H14N4O. The molecule has 0 saturated carbocycles. The molecule has 0 bridgehead atoms. The van der Waals surface area contributed by atoms with Crippen molar-refractivity contribution >= 4 is 5.95 Å². The number of unbranched alkanes of at least 4 members (excludes halogenated alkanes) is 1. The van der Waals surface area contributed by atoms with Crippen LogP contribution in [0.25, 0.3) is 0 Å². The van der Waals surface area contributed by atoms with E-state index in [0.717, 1.165) is 19.4 Å². The van der Waals surface area contributed by atoms with Crippen molar-refractivity contribution in [2.24, 2.45) is 0 Å². The third-order valence-electron chi connectivity index (χ3n) is 1.51. The predicted molar refractivity (Wildman–Crippen MR) is 48.8 cm³/mol. The highest BCUT2D eigenvalue weighted by atomic mass is 16.5. The average molecular weight is 182 g/mol. The molecule has 0 aromatic carbocycles. The summed E-state index contributed by atoms with van der Waals surface area (Å²) in [7, 11) is 0. The van der Waals surface area contributed by atoms with Gasteiger partial charge in [0.1, 0.15) is 12.9 Å². The van der Waals surface area contributed by atoms with E-state index in [0.29, 0.717) is 12.4 Å². The van der Waals surface area contributed by atoms with Gasteiger partial charge in [0.05, 0.1) is 0 Å². The Hall–Kier alpha value is -1.23. The second-order valence-electron chi connectivity index (χ2n) is 2.67. The number of hydrogen-bond donors (Lipinski definition) is 1. The molecule has 2 N–H and O–H groups in total. The molecule has 0 aliphatic heterocycles. The quantitative estimate of drug-likeness (QED) is 0.681. The van der Waals surface area contributed by atoms with Gasteiger partial charge in [0.25, 0.3) is 0 Å². The largest absolute Gasteiger partial charge is 0.373 e. The fourth-order valence-electron chi connectivity index (χ4n) is 0.824. The number of aromatic nitrogens is 3. The third kappa shape index (κ3) is 3.80. The van der Waals surface area contributed by atoms with Crippen LogP contribution in [0.2, 0.25) is 0 Å². The molecule has 1 heterocycles. The molecule has 0 aliphatic carbocycles. The first-order chi connectivity index (χ1) is 6.33. The molecule has 1 rings (SSSR count). The molecule has 5 heteroatoms. The zero-order chi connectivity index (χ0) is 9.52. The van der Waals surface area contributed by atoms with Crippen LogP contribution in [0, 0.1) is 0 Å². The van der Waals surface area contributed by atoms with Crippen LogP contribution in [0.3, 0.4) is 0 Å². The lowest BCUT2D eigenvalue weighted by atomic mass is 10.4. The molecule has 1 aromatic rings. The molecular weight excluding hydrogens is 168 g/mol. The van der Waals surface area contributed by atoms with E-state index in [2.05, 4.69) is 21.9 Å². The highest BCUT2D eigenvalue weighted by Gasteiger charge is 1.96. The number of ether oxygens (including phenoxy) is 1. The summed E-state index contributed by atoms with van der Waals surface area (Å²) in [4.78, 5) is 11.5. The smallest absolute Gasteiger partial charge is 0.223 e. The van der Waals surface area contributed by atoms with Crippen LogP contribution in [-0.2, 0) is 11.3 Å². The van der Waals surface area contributed by atoms with Gasteiger partial charge in [-0.15, -0.1) is 0 Å². The van der Waals surface area contributed by atoms with E-state index >= 15 is 0 Å². The Morgan fingerprint density at radius 2 is 2.31 bits per heavy atom. The molecule has 0 radical (unpaired) electrons. The molecule has 5 nitrogen and oxygen atoms in total. The summed E-state index contributed by atoms with van der Waals surface area (Å²) in [5.41, 5.74) is 5.37. The Morgan fingerprint density at radius 3 is 3.00 bits per heavy atom. The molecule has 1 aromatic heterocycles. The summed E-state index contributed by atoms with van der Waals surface area (Å²) in [6, 6.07) is 0. The highest BCUT2D eigenvalue weighted by molar-refractivity contribution is 5.11. The van der Waals surface area contributed by atoms with Crippen LogP contribution >= 0.6 is 0 Å².